The van der Waals surface area contributed by atoms with Crippen LogP contribution in [0.15, 0.2) is 36.4 Å². The van der Waals surface area contributed by atoms with E-state index in [-0.39, 0.29) is 12.4 Å². The van der Waals surface area contributed by atoms with E-state index in [9.17, 15) is 9.65 Å². The zero-order valence-corrected chi connectivity index (χ0v) is 13.6. The molecule has 0 amide bonds. The van der Waals surface area contributed by atoms with E-state index >= 15 is 0 Å². The van der Waals surface area contributed by atoms with Crippen molar-refractivity contribution in [1.29, 1.82) is 5.26 Å². The molecule has 0 aliphatic heterocycles. The van der Waals surface area contributed by atoms with Gasteiger partial charge in [-0.05, 0) is 41.5 Å². The fraction of sp³-hybridized carbons (Fsp3) is 0.105. The second-order valence-electron chi connectivity index (χ2n) is 4.70. The molecule has 3 nitrogen and oxygen atoms in total. The SMILES string of the molecule is C#CCOc1c(Cl)cc(C=C(C#N)c2ccc(F)cc2)cc1OC. The van der Waals surface area contributed by atoms with Crippen LogP contribution in [0.3, 0.4) is 0 Å². The fourth-order valence-corrected chi connectivity index (χ4v) is 2.33. The van der Waals surface area contributed by atoms with E-state index in [2.05, 4.69) is 12.0 Å². The molecule has 0 aliphatic carbocycles. The van der Waals surface area contributed by atoms with Crippen molar-refractivity contribution in [3.8, 4) is 29.9 Å². The molecule has 0 unspecified atom stereocenters. The number of ether oxygens (including phenoxy) is 2. The van der Waals surface area contributed by atoms with E-state index < -0.39 is 0 Å². The van der Waals surface area contributed by atoms with Crippen molar-refractivity contribution in [2.24, 2.45) is 0 Å². The summed E-state index contributed by atoms with van der Waals surface area (Å²) in [6, 6.07) is 11.1. The molecule has 0 atom stereocenters. The molecule has 0 bridgehead atoms. The van der Waals surface area contributed by atoms with Gasteiger partial charge in [-0.3, -0.25) is 0 Å². The summed E-state index contributed by atoms with van der Waals surface area (Å²) in [4.78, 5) is 0. The molecule has 2 aromatic rings. The predicted octanol–water partition coefficient (Wildman–Crippen LogP) is 4.56. The van der Waals surface area contributed by atoms with Crippen LogP contribution in [-0.2, 0) is 0 Å². The number of allylic oxidation sites excluding steroid dienone is 1. The van der Waals surface area contributed by atoms with Crippen LogP contribution in [0.4, 0.5) is 4.39 Å². The zero-order chi connectivity index (χ0) is 17.5. The Balaban J connectivity index is 2.44. The van der Waals surface area contributed by atoms with Gasteiger partial charge in [-0.2, -0.15) is 5.26 Å². The Labute approximate surface area is 144 Å². The molecule has 24 heavy (non-hydrogen) atoms. The standard InChI is InChI=1S/C19H13ClFNO2/c1-3-8-24-19-17(20)10-13(11-18(19)23-2)9-15(12-22)14-4-6-16(21)7-5-14/h1,4-7,9-11H,8H2,2H3. The second kappa shape index (κ2) is 8.06. The largest absolute Gasteiger partial charge is 0.493 e. The van der Waals surface area contributed by atoms with E-state index in [1.165, 1.54) is 31.4 Å². The molecule has 0 spiro atoms. The van der Waals surface area contributed by atoms with E-state index in [1.54, 1.807) is 18.2 Å². The maximum atomic E-state index is 13.0. The Hall–Kier alpha value is -2.95. The molecule has 5 heteroatoms. The molecule has 120 valence electrons. The third kappa shape index (κ3) is 4.07. The first-order chi connectivity index (χ1) is 11.6. The average Bonchev–Trinajstić information content (AvgIpc) is 2.59. The zero-order valence-electron chi connectivity index (χ0n) is 12.8. The molecule has 0 aliphatic rings. The Morgan fingerprint density at radius 2 is 2.04 bits per heavy atom. The van der Waals surface area contributed by atoms with Crippen LogP contribution >= 0.6 is 11.6 Å². The highest BCUT2D eigenvalue weighted by Crippen LogP contribution is 2.37. The van der Waals surface area contributed by atoms with Gasteiger partial charge < -0.3 is 9.47 Å². The molecule has 0 fully saturated rings. The monoisotopic (exact) mass is 341 g/mol. The van der Waals surface area contributed by atoms with Crippen molar-refractivity contribution in [2.45, 2.75) is 0 Å². The predicted molar refractivity (Wildman–Crippen MR) is 92.2 cm³/mol. The van der Waals surface area contributed by atoms with Crippen LogP contribution in [0.5, 0.6) is 11.5 Å². The summed E-state index contributed by atoms with van der Waals surface area (Å²) in [5, 5.41) is 9.67. The van der Waals surface area contributed by atoms with Crippen LogP contribution in [-0.4, -0.2) is 13.7 Å². The summed E-state index contributed by atoms with van der Waals surface area (Å²) >= 11 is 6.21. The van der Waals surface area contributed by atoms with Crippen molar-refractivity contribution in [2.75, 3.05) is 13.7 Å². The lowest BCUT2D eigenvalue weighted by atomic mass is 10.0. The lowest BCUT2D eigenvalue weighted by Gasteiger charge is -2.12. The highest BCUT2D eigenvalue weighted by Gasteiger charge is 2.12. The molecular formula is C19H13ClFNO2. The van der Waals surface area contributed by atoms with Crippen molar-refractivity contribution >= 4 is 23.3 Å². The smallest absolute Gasteiger partial charge is 0.181 e. The minimum absolute atomic E-state index is 0.0598. The number of nitriles is 1. The normalized spacial score (nSPS) is 10.6. The van der Waals surface area contributed by atoms with Gasteiger partial charge in [0.05, 0.1) is 23.8 Å². The average molecular weight is 342 g/mol. The van der Waals surface area contributed by atoms with Gasteiger partial charge >= 0.3 is 0 Å². The Bertz CT molecular complexity index is 845. The number of nitrogens with zero attached hydrogens (tertiary/aromatic N) is 1. The first-order valence-electron chi connectivity index (χ1n) is 6.90. The van der Waals surface area contributed by atoms with Gasteiger partial charge in [0.15, 0.2) is 11.5 Å². The van der Waals surface area contributed by atoms with E-state index in [1.807, 2.05) is 0 Å². The maximum Gasteiger partial charge on any atom is 0.181 e. The molecular weight excluding hydrogens is 329 g/mol. The van der Waals surface area contributed by atoms with Crippen LogP contribution in [0.2, 0.25) is 5.02 Å². The second-order valence-corrected chi connectivity index (χ2v) is 5.11. The number of terminal acetylenes is 1. The molecule has 0 radical (unpaired) electrons. The third-order valence-electron chi connectivity index (χ3n) is 3.14. The Morgan fingerprint density at radius 1 is 1.33 bits per heavy atom. The minimum Gasteiger partial charge on any atom is -0.493 e. The molecule has 2 rings (SSSR count). The first-order valence-corrected chi connectivity index (χ1v) is 7.28. The topological polar surface area (TPSA) is 42.2 Å². The first kappa shape index (κ1) is 17.4. The van der Waals surface area contributed by atoms with Crippen molar-refractivity contribution in [3.63, 3.8) is 0 Å². The lowest BCUT2D eigenvalue weighted by Crippen LogP contribution is -1.98. The number of halogens is 2. The van der Waals surface area contributed by atoms with Gasteiger partial charge in [0.1, 0.15) is 12.4 Å². The number of benzene rings is 2. The van der Waals surface area contributed by atoms with Crippen LogP contribution in [0.25, 0.3) is 11.6 Å². The number of hydrogen-bond donors (Lipinski definition) is 0. The van der Waals surface area contributed by atoms with E-state index in [0.29, 0.717) is 33.2 Å². The summed E-state index contributed by atoms with van der Waals surface area (Å²) in [6.07, 6.45) is 6.81. The Kier molecular flexibility index (Phi) is 5.84. The summed E-state index contributed by atoms with van der Waals surface area (Å²) in [5.74, 6) is 2.73. The minimum atomic E-state index is -0.365. The van der Waals surface area contributed by atoms with Crippen molar-refractivity contribution in [3.05, 3.63) is 58.4 Å². The van der Waals surface area contributed by atoms with E-state index in [4.69, 9.17) is 27.5 Å². The number of hydrogen-bond acceptors (Lipinski definition) is 3. The third-order valence-corrected chi connectivity index (χ3v) is 3.42. The van der Waals surface area contributed by atoms with Gasteiger partial charge in [-0.25, -0.2) is 4.39 Å². The van der Waals surface area contributed by atoms with Gasteiger partial charge in [0, 0.05) is 0 Å². The molecule has 0 saturated heterocycles. The van der Waals surface area contributed by atoms with Crippen LogP contribution < -0.4 is 9.47 Å². The Morgan fingerprint density at radius 3 is 2.62 bits per heavy atom. The summed E-state index contributed by atoms with van der Waals surface area (Å²) in [6.45, 7) is 0.0598. The van der Waals surface area contributed by atoms with Crippen LogP contribution in [0.1, 0.15) is 11.1 Å². The summed E-state index contributed by atoms with van der Waals surface area (Å²) in [7, 11) is 1.48. The van der Waals surface area contributed by atoms with Crippen molar-refractivity contribution < 1.29 is 13.9 Å². The van der Waals surface area contributed by atoms with Crippen LogP contribution in [0, 0.1) is 29.5 Å². The lowest BCUT2D eigenvalue weighted by molar-refractivity contribution is 0.331. The quantitative estimate of drug-likeness (QED) is 0.454. The van der Waals surface area contributed by atoms with Crippen molar-refractivity contribution in [1.82, 2.24) is 0 Å². The molecule has 0 saturated carbocycles. The van der Waals surface area contributed by atoms with Gasteiger partial charge in [-0.1, -0.05) is 29.7 Å². The molecule has 2 aromatic carbocycles. The number of rotatable bonds is 5. The molecule has 0 N–H and O–H groups in total. The highest BCUT2D eigenvalue weighted by atomic mass is 35.5. The maximum absolute atomic E-state index is 13.0. The molecule has 0 aromatic heterocycles. The van der Waals surface area contributed by atoms with Gasteiger partial charge in [-0.15, -0.1) is 6.42 Å². The summed E-state index contributed by atoms with van der Waals surface area (Å²) < 4.78 is 23.6. The van der Waals surface area contributed by atoms with E-state index in [0.717, 1.165) is 0 Å². The fourth-order valence-electron chi connectivity index (χ4n) is 2.05. The summed E-state index contributed by atoms with van der Waals surface area (Å²) in [5.41, 5.74) is 1.61. The number of methoxy groups -OCH3 is 1. The van der Waals surface area contributed by atoms with Gasteiger partial charge in [0.2, 0.25) is 0 Å². The highest BCUT2D eigenvalue weighted by molar-refractivity contribution is 6.32. The molecule has 0 heterocycles. The van der Waals surface area contributed by atoms with Gasteiger partial charge in [0.25, 0.3) is 0 Å².